The third-order valence-electron chi connectivity index (χ3n) is 5.02. The third kappa shape index (κ3) is 2.57. The number of carbonyl (C=O) groups is 1. The molecule has 4 heteroatoms. The number of likely N-dealkylation sites (tertiary alicyclic amines) is 1. The summed E-state index contributed by atoms with van der Waals surface area (Å²) in [5.41, 5.74) is 1.48. The van der Waals surface area contributed by atoms with Crippen molar-refractivity contribution in [3.8, 4) is 0 Å². The van der Waals surface area contributed by atoms with Crippen molar-refractivity contribution < 1.29 is 4.79 Å². The van der Waals surface area contributed by atoms with E-state index in [1.165, 1.54) is 6.42 Å². The van der Waals surface area contributed by atoms with Gasteiger partial charge in [-0.1, -0.05) is 6.07 Å². The molecule has 1 spiro atoms. The Balaban J connectivity index is 1.61. The molecule has 3 heterocycles. The summed E-state index contributed by atoms with van der Waals surface area (Å²) in [6.45, 7) is 6.07. The standard InChI is InChI=1S/C16H23N3O/c1-13(14-3-2-7-17-11-14)15(20)19-9-5-16(6-10-19)4-8-18-12-16/h2-3,7,11,13,18H,4-6,8-10,12H2,1H3. The van der Waals surface area contributed by atoms with E-state index in [1.54, 1.807) is 12.4 Å². The van der Waals surface area contributed by atoms with Gasteiger partial charge in [0.2, 0.25) is 5.91 Å². The first kappa shape index (κ1) is 13.6. The molecule has 20 heavy (non-hydrogen) atoms. The van der Waals surface area contributed by atoms with Crippen LogP contribution in [0.1, 0.15) is 37.7 Å². The molecule has 108 valence electrons. The summed E-state index contributed by atoms with van der Waals surface area (Å²) in [6.07, 6.45) is 7.11. The van der Waals surface area contributed by atoms with Crippen LogP contribution >= 0.6 is 0 Å². The summed E-state index contributed by atoms with van der Waals surface area (Å²) in [6, 6.07) is 3.89. The third-order valence-corrected chi connectivity index (χ3v) is 5.02. The van der Waals surface area contributed by atoms with Gasteiger partial charge < -0.3 is 10.2 Å². The molecule has 0 aliphatic carbocycles. The van der Waals surface area contributed by atoms with E-state index >= 15 is 0 Å². The van der Waals surface area contributed by atoms with E-state index in [2.05, 4.69) is 10.3 Å². The fourth-order valence-corrected chi connectivity index (χ4v) is 3.47. The van der Waals surface area contributed by atoms with Gasteiger partial charge in [-0.15, -0.1) is 0 Å². The molecule has 1 aromatic rings. The number of amides is 1. The molecular formula is C16H23N3O. The molecule has 1 N–H and O–H groups in total. The van der Waals surface area contributed by atoms with Crippen LogP contribution in [0.3, 0.4) is 0 Å². The molecule has 0 aromatic carbocycles. The van der Waals surface area contributed by atoms with Crippen molar-refractivity contribution in [1.82, 2.24) is 15.2 Å². The van der Waals surface area contributed by atoms with Crippen molar-refractivity contribution in [3.05, 3.63) is 30.1 Å². The summed E-state index contributed by atoms with van der Waals surface area (Å²) in [7, 11) is 0. The maximum Gasteiger partial charge on any atom is 0.229 e. The summed E-state index contributed by atoms with van der Waals surface area (Å²) in [5.74, 6) is 0.165. The second-order valence-electron chi connectivity index (χ2n) is 6.26. The lowest BCUT2D eigenvalue weighted by Gasteiger charge is -2.39. The molecule has 1 unspecified atom stereocenters. The Bertz CT molecular complexity index is 458. The molecule has 1 aromatic heterocycles. The molecule has 2 saturated heterocycles. The molecule has 0 radical (unpaired) electrons. The lowest BCUT2D eigenvalue weighted by Crippen LogP contribution is -2.45. The van der Waals surface area contributed by atoms with E-state index in [-0.39, 0.29) is 11.8 Å². The van der Waals surface area contributed by atoms with Gasteiger partial charge in [0.05, 0.1) is 5.92 Å². The first-order chi connectivity index (χ1) is 9.70. The Morgan fingerprint density at radius 1 is 1.40 bits per heavy atom. The second kappa shape index (κ2) is 5.52. The van der Waals surface area contributed by atoms with Gasteiger partial charge in [-0.05, 0) is 49.8 Å². The molecule has 3 rings (SSSR count). The molecule has 1 atom stereocenters. The number of nitrogens with zero attached hydrogens (tertiary/aromatic N) is 2. The molecule has 4 nitrogen and oxygen atoms in total. The first-order valence-corrected chi connectivity index (χ1v) is 7.60. The van der Waals surface area contributed by atoms with Crippen LogP contribution in [0, 0.1) is 5.41 Å². The summed E-state index contributed by atoms with van der Waals surface area (Å²) in [4.78, 5) is 18.7. The highest BCUT2D eigenvalue weighted by Crippen LogP contribution is 2.37. The zero-order valence-corrected chi connectivity index (χ0v) is 12.1. The van der Waals surface area contributed by atoms with Gasteiger partial charge in [0.1, 0.15) is 0 Å². The zero-order valence-electron chi connectivity index (χ0n) is 12.1. The minimum absolute atomic E-state index is 0.0838. The zero-order chi connectivity index (χ0) is 14.0. The number of rotatable bonds is 2. The average Bonchev–Trinajstić information content (AvgIpc) is 2.96. The molecule has 2 aliphatic rings. The number of carbonyl (C=O) groups excluding carboxylic acids is 1. The van der Waals surface area contributed by atoms with Crippen molar-refractivity contribution in [3.63, 3.8) is 0 Å². The molecule has 0 bridgehead atoms. The second-order valence-corrected chi connectivity index (χ2v) is 6.26. The fourth-order valence-electron chi connectivity index (χ4n) is 3.47. The van der Waals surface area contributed by atoms with E-state index in [9.17, 15) is 4.79 Å². The molecule has 2 fully saturated rings. The van der Waals surface area contributed by atoms with Crippen molar-refractivity contribution in [2.45, 2.75) is 32.1 Å². The van der Waals surface area contributed by atoms with Crippen LogP contribution in [0.5, 0.6) is 0 Å². The SMILES string of the molecule is CC(C(=O)N1CCC2(CCNC2)CC1)c1cccnc1. The minimum Gasteiger partial charge on any atom is -0.342 e. The van der Waals surface area contributed by atoms with Gasteiger partial charge >= 0.3 is 0 Å². The number of piperidine rings is 1. The Morgan fingerprint density at radius 2 is 2.20 bits per heavy atom. The summed E-state index contributed by atoms with van der Waals surface area (Å²) in [5, 5.41) is 3.46. The van der Waals surface area contributed by atoms with Crippen LogP contribution in [-0.2, 0) is 4.79 Å². The molecule has 2 aliphatic heterocycles. The fraction of sp³-hybridized carbons (Fsp3) is 0.625. The van der Waals surface area contributed by atoms with E-state index in [1.807, 2.05) is 24.0 Å². The molecule has 0 saturated carbocycles. The lowest BCUT2D eigenvalue weighted by atomic mass is 9.77. The quantitative estimate of drug-likeness (QED) is 0.893. The van der Waals surface area contributed by atoms with E-state index in [0.717, 1.165) is 44.6 Å². The average molecular weight is 273 g/mol. The van der Waals surface area contributed by atoms with Crippen LogP contribution < -0.4 is 5.32 Å². The van der Waals surface area contributed by atoms with Crippen LogP contribution in [0.15, 0.2) is 24.5 Å². The largest absolute Gasteiger partial charge is 0.342 e. The number of pyridine rings is 1. The Hall–Kier alpha value is -1.42. The Morgan fingerprint density at radius 3 is 2.80 bits per heavy atom. The van der Waals surface area contributed by atoms with Gasteiger partial charge in [-0.3, -0.25) is 9.78 Å². The summed E-state index contributed by atoms with van der Waals surface area (Å²) < 4.78 is 0. The molecule has 1 amide bonds. The highest BCUT2D eigenvalue weighted by Gasteiger charge is 2.38. The van der Waals surface area contributed by atoms with E-state index in [0.29, 0.717) is 5.41 Å². The van der Waals surface area contributed by atoms with Crippen LogP contribution in [0.2, 0.25) is 0 Å². The van der Waals surface area contributed by atoms with Crippen LogP contribution in [-0.4, -0.2) is 42.0 Å². The van der Waals surface area contributed by atoms with Crippen molar-refractivity contribution in [2.24, 2.45) is 5.41 Å². The monoisotopic (exact) mass is 273 g/mol. The van der Waals surface area contributed by atoms with Crippen LogP contribution in [0.25, 0.3) is 0 Å². The van der Waals surface area contributed by atoms with Gasteiger partial charge in [0.25, 0.3) is 0 Å². The smallest absolute Gasteiger partial charge is 0.229 e. The maximum absolute atomic E-state index is 12.6. The highest BCUT2D eigenvalue weighted by atomic mass is 16.2. The maximum atomic E-state index is 12.6. The predicted molar refractivity (Wildman–Crippen MR) is 78.4 cm³/mol. The van der Waals surface area contributed by atoms with Gasteiger partial charge in [-0.25, -0.2) is 0 Å². The lowest BCUT2D eigenvalue weighted by molar-refractivity contribution is -0.134. The van der Waals surface area contributed by atoms with Crippen molar-refractivity contribution in [2.75, 3.05) is 26.2 Å². The topological polar surface area (TPSA) is 45.2 Å². The number of hydrogen-bond donors (Lipinski definition) is 1. The van der Waals surface area contributed by atoms with Crippen LogP contribution in [0.4, 0.5) is 0 Å². The van der Waals surface area contributed by atoms with Crippen molar-refractivity contribution >= 4 is 5.91 Å². The summed E-state index contributed by atoms with van der Waals surface area (Å²) >= 11 is 0. The van der Waals surface area contributed by atoms with E-state index in [4.69, 9.17) is 0 Å². The molecular weight excluding hydrogens is 250 g/mol. The Labute approximate surface area is 120 Å². The highest BCUT2D eigenvalue weighted by molar-refractivity contribution is 5.83. The van der Waals surface area contributed by atoms with Gasteiger partial charge in [0, 0.05) is 32.0 Å². The Kier molecular flexibility index (Phi) is 3.74. The number of hydrogen-bond acceptors (Lipinski definition) is 3. The first-order valence-electron chi connectivity index (χ1n) is 7.60. The normalized spacial score (nSPS) is 22.9. The number of nitrogens with one attached hydrogen (secondary N) is 1. The van der Waals surface area contributed by atoms with Crippen molar-refractivity contribution in [1.29, 1.82) is 0 Å². The van der Waals surface area contributed by atoms with E-state index < -0.39 is 0 Å². The minimum atomic E-state index is -0.0838. The predicted octanol–water partition coefficient (Wildman–Crippen LogP) is 1.79. The van der Waals surface area contributed by atoms with Gasteiger partial charge in [0.15, 0.2) is 0 Å². The van der Waals surface area contributed by atoms with Gasteiger partial charge in [-0.2, -0.15) is 0 Å². The number of aromatic nitrogens is 1.